The zero-order valence-corrected chi connectivity index (χ0v) is 18.6. The first kappa shape index (κ1) is 24.6. The molecule has 1 saturated heterocycles. The summed E-state index contributed by atoms with van der Waals surface area (Å²) in [5.41, 5.74) is 8.87. The molecule has 5 nitrogen and oxygen atoms in total. The third kappa shape index (κ3) is 6.98. The Labute approximate surface area is 197 Å². The van der Waals surface area contributed by atoms with E-state index in [2.05, 4.69) is 17.0 Å². The minimum absolute atomic E-state index is 0. The lowest BCUT2D eigenvalue weighted by atomic mass is 9.89. The lowest BCUT2D eigenvalue weighted by Gasteiger charge is -2.33. The first-order valence-corrected chi connectivity index (χ1v) is 11.3. The van der Waals surface area contributed by atoms with Gasteiger partial charge in [0.1, 0.15) is 30.0 Å². The van der Waals surface area contributed by atoms with Crippen molar-refractivity contribution in [3.8, 4) is 17.2 Å². The van der Waals surface area contributed by atoms with Crippen LogP contribution in [0.4, 0.5) is 5.69 Å². The molecule has 0 spiro atoms. The molecule has 1 aliphatic heterocycles. The smallest absolute Gasteiger partial charge is 0.127 e. The first-order chi connectivity index (χ1) is 15.6. The second-order valence-electron chi connectivity index (χ2n) is 8.55. The van der Waals surface area contributed by atoms with Crippen LogP contribution in [0.5, 0.6) is 17.2 Å². The maximum atomic E-state index is 10.4. The molecule has 5 heteroatoms. The standard InChI is InChI=1S/C27H32N2O3.CH4/c1-20-7-10-23(28)17-27(20)31-19-24(30)18-29-15-13-22(14-16-29)21-8-11-26(12-9-21)32-25-5-3-2-4-6-25;/h2-12,17,22,24,30H,13-16,18-19,28H2,1H3;1H4/t24-;/m0./s1. The number of anilines is 1. The maximum Gasteiger partial charge on any atom is 0.127 e. The van der Waals surface area contributed by atoms with E-state index in [0.29, 0.717) is 18.2 Å². The zero-order valence-electron chi connectivity index (χ0n) is 18.6. The van der Waals surface area contributed by atoms with Crippen LogP contribution in [-0.4, -0.2) is 42.4 Å². The molecule has 3 aromatic rings. The lowest BCUT2D eigenvalue weighted by Crippen LogP contribution is -2.40. The van der Waals surface area contributed by atoms with Gasteiger partial charge in [-0.3, -0.25) is 0 Å². The van der Waals surface area contributed by atoms with E-state index in [1.54, 1.807) is 0 Å². The molecule has 0 unspecified atom stereocenters. The number of β-amino-alcohol motifs (C(OH)–C–C–N with tert-alkyl or cyclic N) is 1. The Hall–Kier alpha value is -3.02. The predicted octanol–water partition coefficient (Wildman–Crippen LogP) is 5.62. The second-order valence-corrected chi connectivity index (χ2v) is 8.55. The van der Waals surface area contributed by atoms with Crippen molar-refractivity contribution >= 4 is 5.69 Å². The van der Waals surface area contributed by atoms with Gasteiger partial charge in [-0.25, -0.2) is 0 Å². The van der Waals surface area contributed by atoms with Crippen molar-refractivity contribution in [2.24, 2.45) is 0 Å². The Bertz CT molecular complexity index is 984. The fraction of sp³-hybridized carbons (Fsp3) is 0.357. The van der Waals surface area contributed by atoms with Crippen LogP contribution in [0.1, 0.15) is 37.3 Å². The highest BCUT2D eigenvalue weighted by atomic mass is 16.5. The van der Waals surface area contributed by atoms with E-state index in [0.717, 1.165) is 48.7 Å². The van der Waals surface area contributed by atoms with Crippen LogP contribution >= 0.6 is 0 Å². The van der Waals surface area contributed by atoms with Crippen molar-refractivity contribution in [2.75, 3.05) is 32.0 Å². The zero-order chi connectivity index (χ0) is 22.3. The Morgan fingerprint density at radius 3 is 2.33 bits per heavy atom. The summed E-state index contributed by atoms with van der Waals surface area (Å²) in [5.74, 6) is 2.99. The van der Waals surface area contributed by atoms with E-state index in [-0.39, 0.29) is 14.0 Å². The van der Waals surface area contributed by atoms with Crippen LogP contribution in [0.3, 0.4) is 0 Å². The molecule has 176 valence electrons. The van der Waals surface area contributed by atoms with Crippen molar-refractivity contribution in [1.82, 2.24) is 4.90 Å². The van der Waals surface area contributed by atoms with Crippen LogP contribution in [-0.2, 0) is 0 Å². The SMILES string of the molecule is C.Cc1ccc(N)cc1OC[C@@H](O)CN1CCC(c2ccc(Oc3ccccc3)cc2)CC1. The van der Waals surface area contributed by atoms with Gasteiger partial charge < -0.3 is 25.2 Å². The molecule has 33 heavy (non-hydrogen) atoms. The van der Waals surface area contributed by atoms with Crippen molar-refractivity contribution < 1.29 is 14.6 Å². The molecule has 0 saturated carbocycles. The number of aliphatic hydroxyl groups excluding tert-OH is 1. The van der Waals surface area contributed by atoms with Gasteiger partial charge in [0.2, 0.25) is 0 Å². The Kier molecular flexibility index (Phi) is 8.75. The molecule has 1 fully saturated rings. The van der Waals surface area contributed by atoms with Gasteiger partial charge in [0.05, 0.1) is 0 Å². The van der Waals surface area contributed by atoms with Gasteiger partial charge in [0.15, 0.2) is 0 Å². The summed E-state index contributed by atoms with van der Waals surface area (Å²) in [6, 6.07) is 23.9. The van der Waals surface area contributed by atoms with Crippen molar-refractivity contribution in [2.45, 2.75) is 39.2 Å². The quantitative estimate of drug-likeness (QED) is 0.438. The van der Waals surface area contributed by atoms with Crippen LogP contribution < -0.4 is 15.2 Å². The Balaban J connectivity index is 0.00000306. The largest absolute Gasteiger partial charge is 0.490 e. The van der Waals surface area contributed by atoms with E-state index < -0.39 is 6.10 Å². The van der Waals surface area contributed by atoms with Gasteiger partial charge in [-0.05, 0) is 80.2 Å². The van der Waals surface area contributed by atoms with Gasteiger partial charge in [0.25, 0.3) is 0 Å². The minimum Gasteiger partial charge on any atom is -0.490 e. The summed E-state index contributed by atoms with van der Waals surface area (Å²) in [6.45, 7) is 4.82. The summed E-state index contributed by atoms with van der Waals surface area (Å²) >= 11 is 0. The number of hydrogen-bond acceptors (Lipinski definition) is 5. The number of aliphatic hydroxyl groups is 1. The number of ether oxygens (including phenoxy) is 2. The van der Waals surface area contributed by atoms with E-state index in [1.807, 2.05) is 67.6 Å². The maximum absolute atomic E-state index is 10.4. The molecule has 0 aromatic heterocycles. The summed E-state index contributed by atoms with van der Waals surface area (Å²) in [7, 11) is 0. The monoisotopic (exact) mass is 448 g/mol. The van der Waals surface area contributed by atoms with Gasteiger partial charge in [0, 0.05) is 18.3 Å². The number of nitrogens with zero attached hydrogens (tertiary/aromatic N) is 1. The first-order valence-electron chi connectivity index (χ1n) is 11.3. The van der Waals surface area contributed by atoms with E-state index in [1.165, 1.54) is 5.56 Å². The van der Waals surface area contributed by atoms with E-state index >= 15 is 0 Å². The minimum atomic E-state index is -0.526. The number of para-hydroxylation sites is 1. The number of likely N-dealkylation sites (tertiary alicyclic amines) is 1. The third-order valence-corrected chi connectivity index (χ3v) is 6.03. The molecule has 0 aliphatic carbocycles. The molecule has 0 radical (unpaired) electrons. The lowest BCUT2D eigenvalue weighted by molar-refractivity contribution is 0.0592. The third-order valence-electron chi connectivity index (χ3n) is 6.03. The number of nitrogen functional groups attached to an aromatic ring is 1. The summed E-state index contributed by atoms with van der Waals surface area (Å²) in [6.07, 6.45) is 1.64. The van der Waals surface area contributed by atoms with Crippen molar-refractivity contribution in [3.63, 3.8) is 0 Å². The summed E-state index contributed by atoms with van der Waals surface area (Å²) in [5, 5.41) is 10.4. The molecule has 1 aliphatic rings. The Morgan fingerprint density at radius 2 is 1.64 bits per heavy atom. The summed E-state index contributed by atoms with van der Waals surface area (Å²) in [4.78, 5) is 2.32. The number of nitrogens with two attached hydrogens (primary N) is 1. The molecule has 1 atom stereocenters. The number of rotatable bonds is 8. The topological polar surface area (TPSA) is 68.0 Å². The highest BCUT2D eigenvalue weighted by Gasteiger charge is 2.22. The highest BCUT2D eigenvalue weighted by molar-refractivity contribution is 5.48. The number of aryl methyl sites for hydroxylation is 1. The average Bonchev–Trinajstić information content (AvgIpc) is 2.81. The second kappa shape index (κ2) is 11.7. The number of benzene rings is 3. The molecule has 3 N–H and O–H groups in total. The Morgan fingerprint density at radius 1 is 0.970 bits per heavy atom. The van der Waals surface area contributed by atoms with Crippen LogP contribution in [0.25, 0.3) is 0 Å². The fourth-order valence-corrected chi connectivity index (χ4v) is 4.19. The average molecular weight is 449 g/mol. The summed E-state index contributed by atoms with van der Waals surface area (Å²) < 4.78 is 11.7. The van der Waals surface area contributed by atoms with Crippen molar-refractivity contribution in [3.05, 3.63) is 83.9 Å². The fourth-order valence-electron chi connectivity index (χ4n) is 4.19. The van der Waals surface area contributed by atoms with Gasteiger partial charge >= 0.3 is 0 Å². The van der Waals surface area contributed by atoms with Crippen LogP contribution in [0, 0.1) is 6.92 Å². The van der Waals surface area contributed by atoms with E-state index in [4.69, 9.17) is 15.2 Å². The number of piperidine rings is 1. The molecule has 0 amide bonds. The van der Waals surface area contributed by atoms with Gasteiger partial charge in [-0.15, -0.1) is 0 Å². The van der Waals surface area contributed by atoms with Crippen LogP contribution in [0.2, 0.25) is 0 Å². The van der Waals surface area contributed by atoms with Gasteiger partial charge in [-0.1, -0.05) is 43.8 Å². The van der Waals surface area contributed by atoms with E-state index in [9.17, 15) is 5.11 Å². The number of hydrogen-bond donors (Lipinski definition) is 2. The normalized spacial score (nSPS) is 15.5. The molecular formula is C28H36N2O3. The van der Waals surface area contributed by atoms with Crippen LogP contribution in [0.15, 0.2) is 72.8 Å². The van der Waals surface area contributed by atoms with Crippen molar-refractivity contribution in [1.29, 1.82) is 0 Å². The molecular weight excluding hydrogens is 412 g/mol. The molecule has 4 rings (SSSR count). The molecule has 1 heterocycles. The van der Waals surface area contributed by atoms with Gasteiger partial charge in [-0.2, -0.15) is 0 Å². The highest BCUT2D eigenvalue weighted by Crippen LogP contribution is 2.30. The molecule has 0 bridgehead atoms. The predicted molar refractivity (Wildman–Crippen MR) is 135 cm³/mol. The molecule has 3 aromatic carbocycles.